The first kappa shape index (κ1) is 8.29. The van der Waals surface area contributed by atoms with Gasteiger partial charge >= 0.3 is 5.97 Å². The quantitative estimate of drug-likeness (QED) is 0.623. The predicted octanol–water partition coefficient (Wildman–Crippen LogP) is 0.526. The minimum atomic E-state index is -0.0683. The average molecular weight is 180 g/mol. The van der Waals surface area contributed by atoms with Gasteiger partial charge in [0.15, 0.2) is 0 Å². The molecule has 0 aliphatic carbocycles. The molecule has 0 spiro atoms. The van der Waals surface area contributed by atoms with Gasteiger partial charge in [0.2, 0.25) is 0 Å². The monoisotopic (exact) mass is 180 g/mol. The Kier molecular flexibility index (Phi) is 2.04. The molecule has 1 aromatic heterocycles. The molecular weight excluding hydrogens is 168 g/mol. The normalized spacial score (nSPS) is 21.9. The van der Waals surface area contributed by atoms with Crippen molar-refractivity contribution in [3.8, 4) is 0 Å². The highest BCUT2D eigenvalue weighted by Crippen LogP contribution is 2.18. The Hall–Kier alpha value is -1.32. The van der Waals surface area contributed by atoms with Crippen LogP contribution in [0, 0.1) is 5.92 Å². The molecule has 2 rings (SSSR count). The lowest BCUT2D eigenvalue weighted by Crippen LogP contribution is -2.12. The second kappa shape index (κ2) is 3.20. The van der Waals surface area contributed by atoms with Gasteiger partial charge in [-0.05, 0) is 6.42 Å². The van der Waals surface area contributed by atoms with Crippen LogP contribution in [0.2, 0.25) is 0 Å². The van der Waals surface area contributed by atoms with Crippen LogP contribution in [-0.2, 0) is 23.0 Å². The Bertz CT molecular complexity index is 319. The molecule has 1 fully saturated rings. The number of ether oxygens (including phenoxy) is 1. The third-order valence-corrected chi connectivity index (χ3v) is 2.42. The maximum atomic E-state index is 11.2. The molecule has 1 aliphatic heterocycles. The van der Waals surface area contributed by atoms with Crippen molar-refractivity contribution in [1.29, 1.82) is 0 Å². The summed E-state index contributed by atoms with van der Waals surface area (Å²) in [6.07, 6.45) is 5.13. The third-order valence-electron chi connectivity index (χ3n) is 2.42. The van der Waals surface area contributed by atoms with Crippen LogP contribution in [0.4, 0.5) is 0 Å². The number of hydrogen-bond acceptors (Lipinski definition) is 3. The SMILES string of the molecule is Cn1cncc1CC1CCOC1=O. The molecule has 4 nitrogen and oxygen atoms in total. The molecule has 0 N–H and O–H groups in total. The van der Waals surface area contributed by atoms with Crippen molar-refractivity contribution >= 4 is 5.97 Å². The van der Waals surface area contributed by atoms with E-state index in [0.29, 0.717) is 6.61 Å². The molecule has 0 aromatic carbocycles. The molecule has 1 atom stereocenters. The number of imidazole rings is 1. The number of cyclic esters (lactones) is 1. The summed E-state index contributed by atoms with van der Waals surface area (Å²) in [6.45, 7) is 0.571. The number of carbonyl (C=O) groups excluding carboxylic acids is 1. The average Bonchev–Trinajstić information content (AvgIpc) is 2.65. The van der Waals surface area contributed by atoms with Crippen molar-refractivity contribution < 1.29 is 9.53 Å². The van der Waals surface area contributed by atoms with Crippen molar-refractivity contribution in [3.63, 3.8) is 0 Å². The molecule has 70 valence electrons. The molecule has 0 radical (unpaired) electrons. The summed E-state index contributed by atoms with van der Waals surface area (Å²) in [5.41, 5.74) is 1.09. The Morgan fingerprint density at radius 1 is 1.77 bits per heavy atom. The number of aromatic nitrogens is 2. The van der Waals surface area contributed by atoms with Crippen molar-refractivity contribution in [2.24, 2.45) is 13.0 Å². The Morgan fingerprint density at radius 3 is 3.15 bits per heavy atom. The summed E-state index contributed by atoms with van der Waals surface area (Å²) in [6, 6.07) is 0. The largest absolute Gasteiger partial charge is 0.465 e. The fraction of sp³-hybridized carbons (Fsp3) is 0.556. The third kappa shape index (κ3) is 1.56. The van der Waals surface area contributed by atoms with Gasteiger partial charge in [-0.25, -0.2) is 4.98 Å². The Balaban J connectivity index is 2.06. The fourth-order valence-corrected chi connectivity index (χ4v) is 1.56. The van der Waals surface area contributed by atoms with E-state index in [0.717, 1.165) is 18.5 Å². The van der Waals surface area contributed by atoms with Crippen LogP contribution < -0.4 is 0 Å². The first-order chi connectivity index (χ1) is 6.27. The molecule has 1 unspecified atom stereocenters. The van der Waals surface area contributed by atoms with Crippen LogP contribution in [0.15, 0.2) is 12.5 Å². The molecule has 0 bridgehead atoms. The number of hydrogen-bond donors (Lipinski definition) is 0. The number of carbonyl (C=O) groups is 1. The topological polar surface area (TPSA) is 44.1 Å². The summed E-state index contributed by atoms with van der Waals surface area (Å²) in [5.74, 6) is -0.0309. The minimum Gasteiger partial charge on any atom is -0.465 e. The maximum Gasteiger partial charge on any atom is 0.309 e. The highest BCUT2D eigenvalue weighted by molar-refractivity contribution is 5.74. The summed E-state index contributed by atoms with van der Waals surface area (Å²) < 4.78 is 6.82. The molecule has 4 heteroatoms. The molecular formula is C9H12N2O2. The minimum absolute atomic E-state index is 0.0374. The Morgan fingerprint density at radius 2 is 2.62 bits per heavy atom. The van der Waals surface area contributed by atoms with E-state index >= 15 is 0 Å². The van der Waals surface area contributed by atoms with E-state index in [4.69, 9.17) is 4.74 Å². The zero-order chi connectivity index (χ0) is 9.26. The molecule has 0 saturated carbocycles. The van der Waals surface area contributed by atoms with Gasteiger partial charge in [-0.3, -0.25) is 4.79 Å². The second-order valence-electron chi connectivity index (χ2n) is 3.35. The van der Waals surface area contributed by atoms with Gasteiger partial charge in [0.1, 0.15) is 0 Å². The summed E-state index contributed by atoms with van der Waals surface area (Å²) in [4.78, 5) is 15.2. The number of rotatable bonds is 2. The smallest absolute Gasteiger partial charge is 0.309 e. The van der Waals surface area contributed by atoms with Crippen LogP contribution in [0.25, 0.3) is 0 Å². The van der Waals surface area contributed by atoms with Gasteiger partial charge < -0.3 is 9.30 Å². The lowest BCUT2D eigenvalue weighted by molar-refractivity contribution is -0.141. The van der Waals surface area contributed by atoms with Gasteiger partial charge in [-0.1, -0.05) is 0 Å². The first-order valence-corrected chi connectivity index (χ1v) is 4.39. The van der Waals surface area contributed by atoms with Gasteiger partial charge in [-0.15, -0.1) is 0 Å². The van der Waals surface area contributed by atoms with Gasteiger partial charge in [0.25, 0.3) is 0 Å². The van der Waals surface area contributed by atoms with Gasteiger partial charge in [-0.2, -0.15) is 0 Å². The highest BCUT2D eigenvalue weighted by Gasteiger charge is 2.27. The predicted molar refractivity (Wildman–Crippen MR) is 46.0 cm³/mol. The van der Waals surface area contributed by atoms with Crippen LogP contribution in [0.1, 0.15) is 12.1 Å². The Labute approximate surface area is 76.5 Å². The molecule has 0 amide bonds. The maximum absolute atomic E-state index is 11.2. The highest BCUT2D eigenvalue weighted by atomic mass is 16.5. The van der Waals surface area contributed by atoms with E-state index in [1.54, 1.807) is 12.5 Å². The summed E-state index contributed by atoms with van der Waals surface area (Å²) in [7, 11) is 1.93. The molecule has 1 saturated heterocycles. The van der Waals surface area contributed by atoms with Crippen molar-refractivity contribution in [1.82, 2.24) is 9.55 Å². The van der Waals surface area contributed by atoms with E-state index in [2.05, 4.69) is 4.98 Å². The lowest BCUT2D eigenvalue weighted by atomic mass is 10.0. The zero-order valence-electron chi connectivity index (χ0n) is 7.56. The molecule has 13 heavy (non-hydrogen) atoms. The first-order valence-electron chi connectivity index (χ1n) is 4.39. The van der Waals surface area contributed by atoms with Crippen molar-refractivity contribution in [3.05, 3.63) is 18.2 Å². The number of esters is 1. The van der Waals surface area contributed by atoms with E-state index < -0.39 is 0 Å². The van der Waals surface area contributed by atoms with Crippen LogP contribution in [-0.4, -0.2) is 22.1 Å². The van der Waals surface area contributed by atoms with Crippen LogP contribution in [0.3, 0.4) is 0 Å². The van der Waals surface area contributed by atoms with Gasteiger partial charge in [0, 0.05) is 25.4 Å². The van der Waals surface area contributed by atoms with Gasteiger partial charge in [0.05, 0.1) is 18.9 Å². The van der Waals surface area contributed by atoms with Crippen LogP contribution in [0.5, 0.6) is 0 Å². The van der Waals surface area contributed by atoms with E-state index in [1.807, 2.05) is 11.6 Å². The van der Waals surface area contributed by atoms with E-state index in [9.17, 15) is 4.79 Å². The number of aryl methyl sites for hydroxylation is 1. The zero-order valence-corrected chi connectivity index (χ0v) is 7.56. The molecule has 1 aromatic rings. The fourth-order valence-electron chi connectivity index (χ4n) is 1.56. The van der Waals surface area contributed by atoms with Crippen molar-refractivity contribution in [2.45, 2.75) is 12.8 Å². The lowest BCUT2D eigenvalue weighted by Gasteiger charge is -2.05. The second-order valence-corrected chi connectivity index (χ2v) is 3.35. The molecule has 1 aliphatic rings. The summed E-state index contributed by atoms with van der Waals surface area (Å²) >= 11 is 0. The van der Waals surface area contributed by atoms with Crippen LogP contribution >= 0.6 is 0 Å². The molecule has 2 heterocycles. The standard InChI is InChI=1S/C9H12N2O2/c1-11-6-10-5-8(11)4-7-2-3-13-9(7)12/h5-7H,2-4H2,1H3. The summed E-state index contributed by atoms with van der Waals surface area (Å²) in [5, 5.41) is 0. The number of nitrogens with zero attached hydrogens (tertiary/aromatic N) is 2. The van der Waals surface area contributed by atoms with Crippen molar-refractivity contribution in [2.75, 3.05) is 6.61 Å². The van der Waals surface area contributed by atoms with E-state index in [-0.39, 0.29) is 11.9 Å². The van der Waals surface area contributed by atoms with E-state index in [1.165, 1.54) is 0 Å².